The van der Waals surface area contributed by atoms with E-state index in [1.165, 1.54) is 0 Å². The van der Waals surface area contributed by atoms with Crippen LogP contribution in [-0.4, -0.2) is 28.4 Å². The van der Waals surface area contributed by atoms with Crippen LogP contribution >= 0.6 is 11.6 Å². The van der Waals surface area contributed by atoms with E-state index in [1.54, 1.807) is 24.3 Å². The molecule has 2 fully saturated rings. The Kier molecular flexibility index (Phi) is 4.13. The molecule has 2 aliphatic heterocycles. The molecule has 0 aromatic heterocycles. The first-order valence-electron chi connectivity index (χ1n) is 7.87. The molecule has 1 aromatic rings. The van der Waals surface area contributed by atoms with Gasteiger partial charge in [-0.25, -0.2) is 0 Å². The van der Waals surface area contributed by atoms with E-state index in [2.05, 4.69) is 10.6 Å². The number of hydrogen-bond acceptors (Lipinski definition) is 4. The van der Waals surface area contributed by atoms with Crippen molar-refractivity contribution in [3.8, 4) is 0 Å². The largest absolute Gasteiger partial charge is 0.480 e. The Labute approximate surface area is 144 Å². The average molecular weight is 351 g/mol. The number of carboxylic acids is 1. The molecule has 0 spiro atoms. The molecule has 7 heteroatoms. The molecular weight excluding hydrogens is 332 g/mol. The number of rotatable bonds is 4. The van der Waals surface area contributed by atoms with Crippen molar-refractivity contribution in [1.82, 2.24) is 10.6 Å². The molecule has 3 rings (SSSR count). The van der Waals surface area contributed by atoms with Gasteiger partial charge in [0.2, 0.25) is 11.8 Å². The second-order valence-corrected chi connectivity index (χ2v) is 7.34. The summed E-state index contributed by atoms with van der Waals surface area (Å²) in [7, 11) is 0. The van der Waals surface area contributed by atoms with Crippen LogP contribution in [0.25, 0.3) is 0 Å². The van der Waals surface area contributed by atoms with Gasteiger partial charge in [-0.2, -0.15) is 0 Å². The number of carbonyl (C=O) groups excluding carboxylic acids is 2. The third-order valence-corrected chi connectivity index (χ3v) is 5.09. The molecule has 24 heavy (non-hydrogen) atoms. The van der Waals surface area contributed by atoms with Gasteiger partial charge in [0, 0.05) is 11.1 Å². The van der Waals surface area contributed by atoms with Gasteiger partial charge in [-0.05, 0) is 30.0 Å². The molecule has 2 aliphatic rings. The number of imide groups is 1. The van der Waals surface area contributed by atoms with Gasteiger partial charge in [-0.15, -0.1) is 0 Å². The van der Waals surface area contributed by atoms with Gasteiger partial charge in [-0.3, -0.25) is 25.0 Å². The normalized spacial score (nSPS) is 32.1. The average Bonchev–Trinajstić information content (AvgIpc) is 2.98. The fourth-order valence-electron chi connectivity index (χ4n) is 4.00. The van der Waals surface area contributed by atoms with E-state index in [1.807, 2.05) is 13.8 Å². The number of fused-ring (bicyclic) bond motifs is 1. The molecular formula is C17H19ClN2O4. The van der Waals surface area contributed by atoms with Crippen LogP contribution < -0.4 is 10.6 Å². The molecule has 2 saturated heterocycles. The van der Waals surface area contributed by atoms with Crippen LogP contribution in [-0.2, 0) is 14.4 Å². The predicted octanol–water partition coefficient (Wildman–Crippen LogP) is 1.74. The van der Waals surface area contributed by atoms with Gasteiger partial charge in [0.1, 0.15) is 5.54 Å². The Bertz CT molecular complexity index is 703. The van der Waals surface area contributed by atoms with E-state index in [0.29, 0.717) is 5.02 Å². The number of halogens is 1. The van der Waals surface area contributed by atoms with E-state index in [9.17, 15) is 19.5 Å². The van der Waals surface area contributed by atoms with Crippen molar-refractivity contribution in [3.05, 3.63) is 34.9 Å². The lowest BCUT2D eigenvalue weighted by molar-refractivity contribution is -0.150. The van der Waals surface area contributed by atoms with Crippen molar-refractivity contribution in [1.29, 1.82) is 0 Å². The molecule has 0 radical (unpaired) electrons. The highest BCUT2D eigenvalue weighted by Gasteiger charge is 2.66. The number of nitrogens with one attached hydrogen (secondary N) is 2. The minimum atomic E-state index is -1.46. The molecule has 4 unspecified atom stereocenters. The lowest BCUT2D eigenvalue weighted by Crippen LogP contribution is -2.56. The van der Waals surface area contributed by atoms with Gasteiger partial charge in [0.05, 0.1) is 11.8 Å². The third-order valence-electron chi connectivity index (χ3n) is 4.83. The molecule has 4 atom stereocenters. The number of aliphatic carboxylic acids is 1. The summed E-state index contributed by atoms with van der Waals surface area (Å²) in [5.74, 6) is -3.67. The summed E-state index contributed by atoms with van der Waals surface area (Å²) in [4.78, 5) is 36.8. The van der Waals surface area contributed by atoms with Crippen molar-refractivity contribution >= 4 is 29.4 Å². The second kappa shape index (κ2) is 5.86. The molecule has 0 bridgehead atoms. The van der Waals surface area contributed by atoms with E-state index in [-0.39, 0.29) is 12.3 Å². The zero-order chi connectivity index (χ0) is 17.6. The fraction of sp³-hybridized carbons (Fsp3) is 0.471. The maximum absolute atomic E-state index is 12.3. The Morgan fingerprint density at radius 2 is 1.88 bits per heavy atom. The number of carboxylic acid groups (broad SMARTS) is 1. The Hall–Kier alpha value is -1.92. The predicted molar refractivity (Wildman–Crippen MR) is 87.3 cm³/mol. The molecule has 1 aromatic carbocycles. The Balaban J connectivity index is 2.09. The highest BCUT2D eigenvalue weighted by Crippen LogP contribution is 2.48. The summed E-state index contributed by atoms with van der Waals surface area (Å²) in [5.41, 5.74) is -0.717. The van der Waals surface area contributed by atoms with Crippen molar-refractivity contribution in [2.45, 2.75) is 31.8 Å². The molecule has 2 amide bonds. The number of benzene rings is 1. The lowest BCUT2D eigenvalue weighted by atomic mass is 9.75. The maximum atomic E-state index is 12.3. The SMILES string of the molecule is CC(C)CC1(C(=O)O)NC(c2ccc(Cl)cc2)C2C(=O)NC(=O)C21. The van der Waals surface area contributed by atoms with E-state index in [4.69, 9.17) is 11.6 Å². The van der Waals surface area contributed by atoms with Gasteiger partial charge in [0.15, 0.2) is 0 Å². The minimum Gasteiger partial charge on any atom is -0.480 e. The van der Waals surface area contributed by atoms with Crippen molar-refractivity contribution < 1.29 is 19.5 Å². The summed E-state index contributed by atoms with van der Waals surface area (Å²) in [6, 6.07) is 6.33. The summed E-state index contributed by atoms with van der Waals surface area (Å²) in [6.07, 6.45) is 0.258. The van der Waals surface area contributed by atoms with Crippen LogP contribution in [0.15, 0.2) is 24.3 Å². The van der Waals surface area contributed by atoms with E-state index < -0.39 is 41.2 Å². The first-order chi connectivity index (χ1) is 11.3. The number of hydrogen-bond donors (Lipinski definition) is 3. The van der Waals surface area contributed by atoms with Crippen molar-refractivity contribution in [3.63, 3.8) is 0 Å². The molecule has 0 saturated carbocycles. The summed E-state index contributed by atoms with van der Waals surface area (Å²) in [6.45, 7) is 3.79. The zero-order valence-corrected chi connectivity index (χ0v) is 14.1. The van der Waals surface area contributed by atoms with Crippen LogP contribution in [0.3, 0.4) is 0 Å². The van der Waals surface area contributed by atoms with E-state index in [0.717, 1.165) is 5.56 Å². The summed E-state index contributed by atoms with van der Waals surface area (Å²) in [5, 5.41) is 15.9. The summed E-state index contributed by atoms with van der Waals surface area (Å²) < 4.78 is 0. The molecule has 0 aliphatic carbocycles. The lowest BCUT2D eigenvalue weighted by Gasteiger charge is -2.31. The van der Waals surface area contributed by atoms with E-state index >= 15 is 0 Å². The molecule has 128 valence electrons. The first-order valence-corrected chi connectivity index (χ1v) is 8.25. The van der Waals surface area contributed by atoms with Gasteiger partial charge >= 0.3 is 5.97 Å². The summed E-state index contributed by atoms with van der Waals surface area (Å²) >= 11 is 5.91. The van der Waals surface area contributed by atoms with Crippen LogP contribution in [0.5, 0.6) is 0 Å². The van der Waals surface area contributed by atoms with Crippen LogP contribution in [0.4, 0.5) is 0 Å². The topological polar surface area (TPSA) is 95.5 Å². The van der Waals surface area contributed by atoms with Crippen LogP contribution in [0.2, 0.25) is 5.02 Å². The molecule has 6 nitrogen and oxygen atoms in total. The number of amides is 2. The Morgan fingerprint density at radius 1 is 1.25 bits per heavy atom. The van der Waals surface area contributed by atoms with Crippen molar-refractivity contribution in [2.75, 3.05) is 0 Å². The van der Waals surface area contributed by atoms with Gasteiger partial charge in [-0.1, -0.05) is 37.6 Å². The highest BCUT2D eigenvalue weighted by atomic mass is 35.5. The third kappa shape index (κ3) is 2.50. The fourth-order valence-corrected chi connectivity index (χ4v) is 4.13. The van der Waals surface area contributed by atoms with Crippen LogP contribution in [0.1, 0.15) is 31.9 Å². The number of carbonyl (C=O) groups is 3. The minimum absolute atomic E-state index is 0.0433. The quantitative estimate of drug-likeness (QED) is 0.719. The first kappa shape index (κ1) is 16.9. The smallest absolute Gasteiger partial charge is 0.324 e. The van der Waals surface area contributed by atoms with Crippen molar-refractivity contribution in [2.24, 2.45) is 17.8 Å². The standard InChI is InChI=1S/C17H19ClN2O4/c1-8(2)7-17(16(23)24)12-11(14(21)19-15(12)22)13(20-17)9-3-5-10(18)6-4-9/h3-6,8,11-13,20H,7H2,1-2H3,(H,23,24)(H,19,21,22). The Morgan fingerprint density at radius 3 is 2.42 bits per heavy atom. The zero-order valence-electron chi connectivity index (χ0n) is 13.4. The van der Waals surface area contributed by atoms with Crippen LogP contribution in [0, 0.1) is 17.8 Å². The monoisotopic (exact) mass is 350 g/mol. The van der Waals surface area contributed by atoms with Gasteiger partial charge < -0.3 is 5.11 Å². The maximum Gasteiger partial charge on any atom is 0.324 e. The van der Waals surface area contributed by atoms with Gasteiger partial charge in [0.25, 0.3) is 0 Å². The molecule has 2 heterocycles. The highest BCUT2D eigenvalue weighted by molar-refractivity contribution is 6.30. The molecule has 3 N–H and O–H groups in total. The second-order valence-electron chi connectivity index (χ2n) is 6.90.